The molecule has 0 aliphatic carbocycles. The number of fused-ring (bicyclic) bond motifs is 1. The normalized spacial score (nSPS) is 13.4. The van der Waals surface area contributed by atoms with E-state index in [0.717, 1.165) is 43.6 Å². The number of alkyl halides is 1. The summed E-state index contributed by atoms with van der Waals surface area (Å²) < 4.78 is 5.51. The number of nitrogens with one attached hydrogen (secondary N) is 1. The van der Waals surface area contributed by atoms with Crippen LogP contribution in [0.1, 0.15) is 30.4 Å². The molecule has 0 spiro atoms. The van der Waals surface area contributed by atoms with E-state index in [1.54, 1.807) is 0 Å². The Balaban J connectivity index is 1.62. The lowest BCUT2D eigenvalue weighted by Gasteiger charge is -2.06. The lowest BCUT2D eigenvalue weighted by Crippen LogP contribution is -2.18. The molecular weight excluding hydrogens is 290 g/mol. The zero-order valence-electron chi connectivity index (χ0n) is 10.9. The molecule has 0 radical (unpaired) electrons. The van der Waals surface area contributed by atoms with Crippen molar-refractivity contribution in [2.45, 2.75) is 32.1 Å². The average Bonchev–Trinajstić information content (AvgIpc) is 2.85. The monoisotopic (exact) mass is 311 g/mol. The summed E-state index contributed by atoms with van der Waals surface area (Å²) in [6, 6.07) is 6.61. The highest BCUT2D eigenvalue weighted by molar-refractivity contribution is 9.09. The van der Waals surface area contributed by atoms with E-state index in [1.807, 2.05) is 0 Å². The van der Waals surface area contributed by atoms with Gasteiger partial charge >= 0.3 is 0 Å². The summed E-state index contributed by atoms with van der Waals surface area (Å²) in [5.74, 6) is 1.08. The van der Waals surface area contributed by atoms with Crippen molar-refractivity contribution >= 4 is 15.9 Å². The van der Waals surface area contributed by atoms with Crippen LogP contribution in [0.4, 0.5) is 0 Å². The quantitative estimate of drug-likeness (QED) is 0.587. The molecule has 2 nitrogen and oxygen atoms in total. The molecule has 1 aromatic carbocycles. The summed E-state index contributed by atoms with van der Waals surface area (Å²) in [4.78, 5) is 0. The molecule has 1 N–H and O–H groups in total. The van der Waals surface area contributed by atoms with Gasteiger partial charge in [-0.05, 0) is 49.5 Å². The largest absolute Gasteiger partial charge is 0.493 e. The predicted molar refractivity (Wildman–Crippen MR) is 79.9 cm³/mol. The van der Waals surface area contributed by atoms with Crippen molar-refractivity contribution in [1.82, 2.24) is 5.32 Å². The molecule has 1 heterocycles. The fourth-order valence-electron chi connectivity index (χ4n) is 2.27. The number of hydrogen-bond acceptors (Lipinski definition) is 2. The molecule has 0 bridgehead atoms. The predicted octanol–water partition coefficient (Wildman–Crippen LogP) is 3.32. The second-order valence-corrected chi connectivity index (χ2v) is 5.58. The van der Waals surface area contributed by atoms with Crippen LogP contribution in [-0.2, 0) is 12.8 Å². The lowest BCUT2D eigenvalue weighted by molar-refractivity contribution is 0.357. The molecule has 2 rings (SSSR count). The van der Waals surface area contributed by atoms with E-state index in [4.69, 9.17) is 4.74 Å². The highest BCUT2D eigenvalue weighted by Gasteiger charge is 2.11. The second-order valence-electron chi connectivity index (χ2n) is 4.79. The molecule has 0 fully saturated rings. The van der Waals surface area contributed by atoms with Crippen LogP contribution in [0.2, 0.25) is 0 Å². The van der Waals surface area contributed by atoms with Crippen molar-refractivity contribution in [2.75, 3.05) is 25.0 Å². The van der Waals surface area contributed by atoms with Crippen LogP contribution in [0.25, 0.3) is 0 Å². The summed E-state index contributed by atoms with van der Waals surface area (Å²) in [6.45, 7) is 3.07. The Bertz CT molecular complexity index is 368. The fourth-order valence-corrected chi connectivity index (χ4v) is 2.67. The number of halogens is 1. The third-order valence-electron chi connectivity index (χ3n) is 3.33. The molecule has 0 saturated heterocycles. The van der Waals surface area contributed by atoms with Crippen LogP contribution >= 0.6 is 15.9 Å². The molecule has 0 unspecified atom stereocenters. The van der Waals surface area contributed by atoms with Gasteiger partial charge in [0.2, 0.25) is 0 Å². The van der Waals surface area contributed by atoms with Crippen molar-refractivity contribution in [3.05, 3.63) is 29.3 Å². The minimum atomic E-state index is 0.852. The molecule has 18 heavy (non-hydrogen) atoms. The Labute approximate surface area is 118 Å². The van der Waals surface area contributed by atoms with Crippen LogP contribution in [0.15, 0.2) is 18.2 Å². The number of unbranched alkanes of at least 4 members (excludes halogenated alkanes) is 2. The van der Waals surface area contributed by atoms with Gasteiger partial charge in [0.1, 0.15) is 5.75 Å². The van der Waals surface area contributed by atoms with Crippen LogP contribution < -0.4 is 10.1 Å². The summed E-state index contributed by atoms with van der Waals surface area (Å²) >= 11 is 3.46. The van der Waals surface area contributed by atoms with E-state index in [1.165, 1.54) is 30.4 Å². The Hall–Kier alpha value is -0.540. The van der Waals surface area contributed by atoms with Gasteiger partial charge in [-0.25, -0.2) is 0 Å². The van der Waals surface area contributed by atoms with Gasteiger partial charge in [0, 0.05) is 11.8 Å². The number of benzene rings is 1. The van der Waals surface area contributed by atoms with Gasteiger partial charge in [0.25, 0.3) is 0 Å². The molecule has 3 heteroatoms. The Morgan fingerprint density at radius 1 is 1.17 bits per heavy atom. The van der Waals surface area contributed by atoms with Gasteiger partial charge in [-0.2, -0.15) is 0 Å². The number of ether oxygens (including phenoxy) is 1. The number of rotatable bonds is 8. The van der Waals surface area contributed by atoms with E-state index >= 15 is 0 Å². The van der Waals surface area contributed by atoms with E-state index in [9.17, 15) is 0 Å². The topological polar surface area (TPSA) is 21.3 Å². The second kappa shape index (κ2) is 7.80. The van der Waals surface area contributed by atoms with Gasteiger partial charge in [0.05, 0.1) is 6.61 Å². The Morgan fingerprint density at radius 3 is 3.00 bits per heavy atom. The maximum Gasteiger partial charge on any atom is 0.122 e. The molecule has 100 valence electrons. The lowest BCUT2D eigenvalue weighted by atomic mass is 10.1. The van der Waals surface area contributed by atoms with Gasteiger partial charge < -0.3 is 10.1 Å². The molecule has 1 aliphatic rings. The van der Waals surface area contributed by atoms with E-state index < -0.39 is 0 Å². The molecule has 1 aromatic rings. The summed E-state index contributed by atoms with van der Waals surface area (Å²) in [5, 5.41) is 4.64. The zero-order chi connectivity index (χ0) is 12.6. The van der Waals surface area contributed by atoms with Crippen molar-refractivity contribution in [3.8, 4) is 5.75 Å². The highest BCUT2D eigenvalue weighted by Crippen LogP contribution is 2.25. The first-order chi connectivity index (χ1) is 8.90. The molecular formula is C15H22BrNO. The van der Waals surface area contributed by atoms with Crippen LogP contribution in [0.5, 0.6) is 5.75 Å². The maximum absolute atomic E-state index is 5.51. The third-order valence-corrected chi connectivity index (χ3v) is 3.89. The first-order valence-corrected chi connectivity index (χ1v) is 8.03. The van der Waals surface area contributed by atoms with Gasteiger partial charge in [-0.3, -0.25) is 0 Å². The van der Waals surface area contributed by atoms with Crippen molar-refractivity contribution < 1.29 is 4.74 Å². The summed E-state index contributed by atoms with van der Waals surface area (Å²) in [7, 11) is 0. The Morgan fingerprint density at radius 2 is 2.11 bits per heavy atom. The van der Waals surface area contributed by atoms with E-state index in [0.29, 0.717) is 0 Å². The first kappa shape index (κ1) is 13.9. The Kier molecular flexibility index (Phi) is 6.01. The van der Waals surface area contributed by atoms with Crippen LogP contribution in [0.3, 0.4) is 0 Å². The van der Waals surface area contributed by atoms with Gasteiger partial charge in [-0.1, -0.05) is 34.5 Å². The minimum absolute atomic E-state index is 0.852. The SMILES string of the molecule is BrCCCCCNCCc1ccc2c(c1)CCO2. The van der Waals surface area contributed by atoms with Crippen LogP contribution in [0, 0.1) is 0 Å². The molecule has 0 saturated carbocycles. The van der Waals surface area contributed by atoms with Crippen LogP contribution in [-0.4, -0.2) is 25.0 Å². The van der Waals surface area contributed by atoms with Crippen molar-refractivity contribution in [1.29, 1.82) is 0 Å². The smallest absolute Gasteiger partial charge is 0.122 e. The van der Waals surface area contributed by atoms with E-state index in [2.05, 4.69) is 39.4 Å². The summed E-state index contributed by atoms with van der Waals surface area (Å²) in [6.07, 6.45) is 6.07. The average molecular weight is 312 g/mol. The summed E-state index contributed by atoms with van der Waals surface area (Å²) in [5.41, 5.74) is 2.80. The zero-order valence-corrected chi connectivity index (χ0v) is 12.5. The fraction of sp³-hybridized carbons (Fsp3) is 0.600. The van der Waals surface area contributed by atoms with E-state index in [-0.39, 0.29) is 0 Å². The minimum Gasteiger partial charge on any atom is -0.493 e. The molecule has 0 atom stereocenters. The van der Waals surface area contributed by atoms with Gasteiger partial charge in [-0.15, -0.1) is 0 Å². The molecule has 0 aromatic heterocycles. The third kappa shape index (κ3) is 4.29. The van der Waals surface area contributed by atoms with Crippen molar-refractivity contribution in [2.24, 2.45) is 0 Å². The van der Waals surface area contributed by atoms with Crippen molar-refractivity contribution in [3.63, 3.8) is 0 Å². The standard InChI is InChI=1S/C15H22BrNO/c16-8-2-1-3-9-17-10-6-13-4-5-15-14(12-13)7-11-18-15/h4-5,12,17H,1-3,6-11H2. The van der Waals surface area contributed by atoms with Gasteiger partial charge in [0.15, 0.2) is 0 Å². The first-order valence-electron chi connectivity index (χ1n) is 6.91. The molecule has 1 aliphatic heterocycles. The maximum atomic E-state index is 5.51. The highest BCUT2D eigenvalue weighted by atomic mass is 79.9. The number of hydrogen-bond donors (Lipinski definition) is 1. The molecule has 0 amide bonds.